The van der Waals surface area contributed by atoms with Crippen molar-refractivity contribution in [2.24, 2.45) is 7.05 Å². The highest BCUT2D eigenvalue weighted by Gasteiger charge is 2.26. The van der Waals surface area contributed by atoms with Crippen LogP contribution in [0.2, 0.25) is 0 Å². The lowest BCUT2D eigenvalue weighted by Gasteiger charge is -2.33. The van der Waals surface area contributed by atoms with Gasteiger partial charge in [-0.3, -0.25) is 0 Å². The van der Waals surface area contributed by atoms with Gasteiger partial charge < -0.3 is 14.0 Å². The van der Waals surface area contributed by atoms with Crippen molar-refractivity contribution in [3.63, 3.8) is 0 Å². The Labute approximate surface area is 158 Å². The molecule has 138 valence electrons. The highest BCUT2D eigenvalue weighted by Crippen LogP contribution is 2.28. The Morgan fingerprint density at radius 2 is 2.15 bits per heavy atom. The third-order valence-corrected chi connectivity index (χ3v) is 5.22. The highest BCUT2D eigenvalue weighted by molar-refractivity contribution is 5.45. The van der Waals surface area contributed by atoms with E-state index in [1.165, 1.54) is 0 Å². The maximum Gasteiger partial charge on any atom is 0.152 e. The van der Waals surface area contributed by atoms with Gasteiger partial charge in [0.05, 0.1) is 18.2 Å². The SMILES string of the molecule is Cc1nccn1Cc1nnc([C@H]2CCCN(c3cc(C#N)ccn3)C2)n1C. The smallest absolute Gasteiger partial charge is 0.152 e. The molecule has 0 N–H and O–H groups in total. The zero-order valence-electron chi connectivity index (χ0n) is 15.6. The number of piperidine rings is 1. The molecule has 1 aliphatic heterocycles. The van der Waals surface area contributed by atoms with Crippen LogP contribution in [-0.4, -0.2) is 42.4 Å². The summed E-state index contributed by atoms with van der Waals surface area (Å²) in [5.41, 5.74) is 0.638. The maximum atomic E-state index is 9.13. The third-order valence-electron chi connectivity index (χ3n) is 5.22. The number of pyridine rings is 1. The van der Waals surface area contributed by atoms with Gasteiger partial charge in [-0.05, 0) is 31.9 Å². The summed E-state index contributed by atoms with van der Waals surface area (Å²) in [6.07, 6.45) is 7.59. The van der Waals surface area contributed by atoms with Crippen LogP contribution in [0.15, 0.2) is 30.7 Å². The number of nitrogens with zero attached hydrogens (tertiary/aromatic N) is 8. The van der Waals surface area contributed by atoms with Crippen LogP contribution in [0.3, 0.4) is 0 Å². The van der Waals surface area contributed by atoms with Crippen LogP contribution in [0.5, 0.6) is 0 Å². The fourth-order valence-electron chi connectivity index (χ4n) is 3.65. The average molecular weight is 362 g/mol. The fourth-order valence-corrected chi connectivity index (χ4v) is 3.65. The molecular weight excluding hydrogens is 340 g/mol. The summed E-state index contributed by atoms with van der Waals surface area (Å²) in [5, 5.41) is 18.0. The summed E-state index contributed by atoms with van der Waals surface area (Å²) in [4.78, 5) is 11.0. The van der Waals surface area contributed by atoms with E-state index in [-0.39, 0.29) is 0 Å². The van der Waals surface area contributed by atoms with Gasteiger partial charge in [-0.2, -0.15) is 5.26 Å². The Balaban J connectivity index is 1.53. The van der Waals surface area contributed by atoms with Gasteiger partial charge in [-0.25, -0.2) is 9.97 Å². The van der Waals surface area contributed by atoms with Gasteiger partial charge in [0.25, 0.3) is 0 Å². The average Bonchev–Trinajstić information content (AvgIpc) is 3.28. The number of hydrogen-bond acceptors (Lipinski definition) is 6. The predicted molar refractivity (Wildman–Crippen MR) is 100 cm³/mol. The molecule has 8 heteroatoms. The van der Waals surface area contributed by atoms with E-state index >= 15 is 0 Å². The summed E-state index contributed by atoms with van der Waals surface area (Å²) in [6.45, 7) is 4.42. The minimum Gasteiger partial charge on any atom is -0.356 e. The van der Waals surface area contributed by atoms with Gasteiger partial charge >= 0.3 is 0 Å². The van der Waals surface area contributed by atoms with Gasteiger partial charge in [0.2, 0.25) is 0 Å². The molecule has 4 heterocycles. The minimum atomic E-state index is 0.293. The second-order valence-corrected chi connectivity index (χ2v) is 6.94. The van der Waals surface area contributed by atoms with Gasteiger partial charge in [0, 0.05) is 44.6 Å². The second-order valence-electron chi connectivity index (χ2n) is 6.94. The highest BCUT2D eigenvalue weighted by atomic mass is 15.3. The van der Waals surface area contributed by atoms with E-state index in [1.807, 2.05) is 26.2 Å². The number of aromatic nitrogens is 6. The molecule has 0 aliphatic carbocycles. The van der Waals surface area contributed by atoms with Crippen molar-refractivity contribution < 1.29 is 0 Å². The Bertz CT molecular complexity index is 980. The fraction of sp³-hybridized carbons (Fsp3) is 0.421. The van der Waals surface area contributed by atoms with E-state index in [9.17, 15) is 0 Å². The van der Waals surface area contributed by atoms with E-state index in [2.05, 4.69) is 40.3 Å². The number of anilines is 1. The standard InChI is InChI=1S/C19H22N8/c1-14-21-7-9-26(14)13-18-23-24-19(25(18)2)16-4-3-8-27(12-16)17-10-15(11-20)5-6-22-17/h5-7,9-10,16H,3-4,8,12-13H2,1-2H3/t16-/m0/s1. The molecule has 0 radical (unpaired) electrons. The Morgan fingerprint density at radius 1 is 1.26 bits per heavy atom. The first-order chi connectivity index (χ1) is 13.2. The van der Waals surface area contributed by atoms with Crippen LogP contribution in [-0.2, 0) is 13.6 Å². The Hall–Kier alpha value is -3.21. The Kier molecular flexibility index (Phi) is 4.59. The van der Waals surface area contributed by atoms with Crippen molar-refractivity contribution in [2.45, 2.75) is 32.2 Å². The summed E-state index contributed by atoms with van der Waals surface area (Å²) in [5.74, 6) is 4.04. The summed E-state index contributed by atoms with van der Waals surface area (Å²) < 4.78 is 4.17. The molecular formula is C19H22N8. The molecule has 0 aromatic carbocycles. The van der Waals surface area contributed by atoms with Crippen LogP contribution >= 0.6 is 0 Å². The molecule has 8 nitrogen and oxygen atoms in total. The normalized spacial score (nSPS) is 17.1. The van der Waals surface area contributed by atoms with Crippen molar-refractivity contribution >= 4 is 5.82 Å². The van der Waals surface area contributed by atoms with Gasteiger partial charge in [-0.1, -0.05) is 0 Å². The van der Waals surface area contributed by atoms with Crippen molar-refractivity contribution in [1.29, 1.82) is 5.26 Å². The Morgan fingerprint density at radius 3 is 2.93 bits per heavy atom. The first-order valence-corrected chi connectivity index (χ1v) is 9.12. The van der Waals surface area contributed by atoms with Gasteiger partial charge in [-0.15, -0.1) is 10.2 Å². The lowest BCUT2D eigenvalue weighted by atomic mass is 9.97. The maximum absolute atomic E-state index is 9.13. The van der Waals surface area contributed by atoms with Crippen molar-refractivity contribution in [2.75, 3.05) is 18.0 Å². The van der Waals surface area contributed by atoms with Gasteiger partial charge in [0.15, 0.2) is 5.82 Å². The topological polar surface area (TPSA) is 88.4 Å². The number of hydrogen-bond donors (Lipinski definition) is 0. The van der Waals surface area contributed by atoms with E-state index in [0.29, 0.717) is 18.0 Å². The third kappa shape index (κ3) is 3.40. The molecule has 0 amide bonds. The second kappa shape index (κ2) is 7.19. The molecule has 27 heavy (non-hydrogen) atoms. The molecule has 0 unspecified atom stereocenters. The first kappa shape index (κ1) is 17.2. The van der Waals surface area contributed by atoms with E-state index < -0.39 is 0 Å². The molecule has 0 saturated carbocycles. The zero-order chi connectivity index (χ0) is 18.8. The predicted octanol–water partition coefficient (Wildman–Crippen LogP) is 2.02. The van der Waals surface area contributed by atoms with Crippen LogP contribution < -0.4 is 4.90 Å². The quantitative estimate of drug-likeness (QED) is 0.705. The van der Waals surface area contributed by atoms with E-state index in [1.54, 1.807) is 18.5 Å². The molecule has 3 aromatic rings. The van der Waals surface area contributed by atoms with E-state index in [0.717, 1.165) is 49.2 Å². The number of imidazole rings is 1. The number of rotatable bonds is 4. The minimum absolute atomic E-state index is 0.293. The molecule has 0 bridgehead atoms. The first-order valence-electron chi connectivity index (χ1n) is 9.12. The largest absolute Gasteiger partial charge is 0.356 e. The summed E-state index contributed by atoms with van der Waals surface area (Å²) in [6, 6.07) is 5.77. The molecule has 4 rings (SSSR count). The summed E-state index contributed by atoms with van der Waals surface area (Å²) >= 11 is 0. The molecule has 1 saturated heterocycles. The van der Waals surface area contributed by atoms with Crippen LogP contribution in [0.4, 0.5) is 5.82 Å². The number of nitriles is 1. The molecule has 1 aliphatic rings. The van der Waals surface area contributed by atoms with Gasteiger partial charge in [0.1, 0.15) is 17.5 Å². The van der Waals surface area contributed by atoms with E-state index in [4.69, 9.17) is 5.26 Å². The van der Waals surface area contributed by atoms with Crippen molar-refractivity contribution in [1.82, 2.24) is 29.3 Å². The molecule has 3 aromatic heterocycles. The molecule has 0 spiro atoms. The van der Waals surface area contributed by atoms with Crippen LogP contribution in [0.25, 0.3) is 0 Å². The molecule has 1 atom stereocenters. The van der Waals surface area contributed by atoms with Crippen LogP contribution in [0, 0.1) is 18.3 Å². The lowest BCUT2D eigenvalue weighted by molar-refractivity contribution is 0.475. The van der Waals surface area contributed by atoms with Crippen LogP contribution in [0.1, 0.15) is 41.8 Å². The monoisotopic (exact) mass is 362 g/mol. The zero-order valence-corrected chi connectivity index (χ0v) is 15.6. The van der Waals surface area contributed by atoms with Crippen molar-refractivity contribution in [3.8, 4) is 6.07 Å². The lowest BCUT2D eigenvalue weighted by Crippen LogP contribution is -2.35. The summed E-state index contributed by atoms with van der Waals surface area (Å²) in [7, 11) is 2.03. The number of aryl methyl sites for hydroxylation is 1. The molecule has 1 fully saturated rings. The van der Waals surface area contributed by atoms with Crippen molar-refractivity contribution in [3.05, 3.63) is 53.8 Å².